The first-order valence-electron chi connectivity index (χ1n) is 7.31. The number of hydrogen-bond donors (Lipinski definition) is 1. The smallest absolute Gasteiger partial charge is 0.141 e. The van der Waals surface area contributed by atoms with Gasteiger partial charge in [0.25, 0.3) is 0 Å². The molecule has 0 radical (unpaired) electrons. The fraction of sp³-hybridized carbons (Fsp3) is 0.412. The standard InChI is InChI=1S/C17H22N2OS/c1-5-20-15(13-9-7-6-8-10-13)16-18-12(4)14(11(2)3)17(21)19-16/h6-11,15H,5H2,1-4H3,(H,18,19,21). The van der Waals surface area contributed by atoms with Crippen LogP contribution >= 0.6 is 12.2 Å². The van der Waals surface area contributed by atoms with Gasteiger partial charge < -0.3 is 9.72 Å². The van der Waals surface area contributed by atoms with E-state index in [4.69, 9.17) is 17.0 Å². The lowest BCUT2D eigenvalue weighted by molar-refractivity contribution is 0.0848. The Hall–Kier alpha value is -1.52. The van der Waals surface area contributed by atoms with Crippen molar-refractivity contribution in [2.75, 3.05) is 6.61 Å². The molecule has 0 bridgehead atoms. The maximum atomic E-state index is 5.88. The fourth-order valence-electron chi connectivity index (χ4n) is 2.55. The molecular formula is C17H22N2OS. The molecule has 2 rings (SSSR count). The SMILES string of the molecule is CCOC(c1ccccc1)c1nc(=S)c(C(C)C)c(C)[nH]1. The number of rotatable bonds is 5. The van der Waals surface area contributed by atoms with Crippen molar-refractivity contribution in [1.29, 1.82) is 0 Å². The molecule has 21 heavy (non-hydrogen) atoms. The Labute approximate surface area is 131 Å². The summed E-state index contributed by atoms with van der Waals surface area (Å²) in [6, 6.07) is 10.1. The highest BCUT2D eigenvalue weighted by atomic mass is 32.1. The monoisotopic (exact) mass is 302 g/mol. The third-order valence-corrected chi connectivity index (χ3v) is 3.74. The maximum absolute atomic E-state index is 5.88. The Kier molecular flexibility index (Phi) is 5.26. The molecule has 2 aromatic rings. The summed E-state index contributed by atoms with van der Waals surface area (Å²) in [5.41, 5.74) is 3.26. The highest BCUT2D eigenvalue weighted by Gasteiger charge is 2.18. The summed E-state index contributed by atoms with van der Waals surface area (Å²) in [6.45, 7) is 8.91. The highest BCUT2D eigenvalue weighted by Crippen LogP contribution is 2.26. The van der Waals surface area contributed by atoms with Crippen molar-refractivity contribution >= 4 is 12.2 Å². The Bertz CT molecular complexity index is 650. The van der Waals surface area contributed by atoms with E-state index in [1.165, 1.54) is 0 Å². The molecule has 0 saturated carbocycles. The van der Waals surface area contributed by atoms with Crippen molar-refractivity contribution in [1.82, 2.24) is 9.97 Å². The molecule has 4 heteroatoms. The lowest BCUT2D eigenvalue weighted by atomic mass is 10.0. The van der Waals surface area contributed by atoms with Gasteiger partial charge in [-0.3, -0.25) is 0 Å². The van der Waals surface area contributed by atoms with Gasteiger partial charge in [0.1, 0.15) is 16.6 Å². The first-order chi connectivity index (χ1) is 10.0. The molecule has 0 aliphatic rings. The van der Waals surface area contributed by atoms with Gasteiger partial charge in [-0.25, -0.2) is 4.98 Å². The zero-order chi connectivity index (χ0) is 15.4. The minimum Gasteiger partial charge on any atom is -0.366 e. The van der Waals surface area contributed by atoms with E-state index in [0.717, 1.165) is 22.6 Å². The fourth-order valence-corrected chi connectivity index (χ4v) is 3.04. The van der Waals surface area contributed by atoms with Crippen LogP contribution in [0.1, 0.15) is 55.4 Å². The Morgan fingerprint density at radius 2 is 1.90 bits per heavy atom. The molecule has 1 aromatic heterocycles. The van der Waals surface area contributed by atoms with Gasteiger partial charge in [-0.2, -0.15) is 0 Å². The van der Waals surface area contributed by atoms with Crippen LogP contribution < -0.4 is 0 Å². The largest absolute Gasteiger partial charge is 0.366 e. The summed E-state index contributed by atoms with van der Waals surface area (Å²) in [7, 11) is 0. The first kappa shape index (κ1) is 15.9. The lowest BCUT2D eigenvalue weighted by Gasteiger charge is -2.19. The molecule has 0 amide bonds. The third-order valence-electron chi connectivity index (χ3n) is 3.43. The summed E-state index contributed by atoms with van der Waals surface area (Å²) in [4.78, 5) is 7.96. The second-order valence-electron chi connectivity index (χ2n) is 5.37. The highest BCUT2D eigenvalue weighted by molar-refractivity contribution is 7.71. The van der Waals surface area contributed by atoms with E-state index in [-0.39, 0.29) is 6.10 Å². The predicted octanol–water partition coefficient (Wildman–Crippen LogP) is 4.70. The van der Waals surface area contributed by atoms with Gasteiger partial charge in [0.2, 0.25) is 0 Å². The molecule has 0 aliphatic carbocycles. The van der Waals surface area contributed by atoms with E-state index in [1.807, 2.05) is 44.2 Å². The summed E-state index contributed by atoms with van der Waals surface area (Å²) in [5.74, 6) is 1.13. The van der Waals surface area contributed by atoms with E-state index in [0.29, 0.717) is 17.2 Å². The van der Waals surface area contributed by atoms with Crippen molar-refractivity contribution in [2.45, 2.75) is 39.7 Å². The van der Waals surface area contributed by atoms with Crippen molar-refractivity contribution in [3.05, 3.63) is 57.6 Å². The number of H-pyrrole nitrogens is 1. The van der Waals surface area contributed by atoms with Crippen LogP contribution in [0.2, 0.25) is 0 Å². The molecule has 0 aliphatic heterocycles. The van der Waals surface area contributed by atoms with Crippen LogP contribution in [-0.4, -0.2) is 16.6 Å². The van der Waals surface area contributed by atoms with Crippen molar-refractivity contribution < 1.29 is 4.74 Å². The van der Waals surface area contributed by atoms with Crippen LogP contribution in [0.5, 0.6) is 0 Å². The van der Waals surface area contributed by atoms with E-state index in [9.17, 15) is 0 Å². The van der Waals surface area contributed by atoms with Crippen LogP contribution in [0.3, 0.4) is 0 Å². The number of aromatic amines is 1. The Morgan fingerprint density at radius 1 is 1.24 bits per heavy atom. The number of nitrogens with one attached hydrogen (secondary N) is 1. The van der Waals surface area contributed by atoms with E-state index >= 15 is 0 Å². The van der Waals surface area contributed by atoms with Crippen LogP contribution in [0.25, 0.3) is 0 Å². The molecule has 3 nitrogen and oxygen atoms in total. The molecule has 1 heterocycles. The van der Waals surface area contributed by atoms with Gasteiger partial charge >= 0.3 is 0 Å². The topological polar surface area (TPSA) is 37.9 Å². The van der Waals surface area contributed by atoms with Crippen molar-refractivity contribution in [2.24, 2.45) is 0 Å². The van der Waals surface area contributed by atoms with E-state index in [2.05, 4.69) is 23.8 Å². The number of benzene rings is 1. The van der Waals surface area contributed by atoms with Crippen LogP contribution in [0.15, 0.2) is 30.3 Å². The zero-order valence-electron chi connectivity index (χ0n) is 13.0. The molecule has 1 unspecified atom stereocenters. The maximum Gasteiger partial charge on any atom is 0.141 e. The van der Waals surface area contributed by atoms with Crippen LogP contribution in [0.4, 0.5) is 0 Å². The molecule has 1 N–H and O–H groups in total. The summed E-state index contributed by atoms with van der Waals surface area (Å²) >= 11 is 5.47. The molecule has 112 valence electrons. The van der Waals surface area contributed by atoms with Gasteiger partial charge in [0.05, 0.1) is 0 Å². The molecule has 0 fully saturated rings. The average Bonchev–Trinajstić information content (AvgIpc) is 2.44. The summed E-state index contributed by atoms with van der Waals surface area (Å²) in [6.07, 6.45) is -0.210. The van der Waals surface area contributed by atoms with Crippen LogP contribution in [-0.2, 0) is 4.74 Å². The lowest BCUT2D eigenvalue weighted by Crippen LogP contribution is -2.13. The third kappa shape index (κ3) is 3.57. The molecular weight excluding hydrogens is 280 g/mol. The second kappa shape index (κ2) is 6.96. The minimum atomic E-state index is -0.210. The average molecular weight is 302 g/mol. The van der Waals surface area contributed by atoms with E-state index in [1.54, 1.807) is 0 Å². The molecule has 1 atom stereocenters. The van der Waals surface area contributed by atoms with E-state index < -0.39 is 0 Å². The quantitative estimate of drug-likeness (QED) is 0.814. The van der Waals surface area contributed by atoms with Gasteiger partial charge in [0.15, 0.2) is 0 Å². The second-order valence-corrected chi connectivity index (χ2v) is 5.75. The molecule has 1 aromatic carbocycles. The van der Waals surface area contributed by atoms with Gasteiger partial charge in [-0.05, 0) is 25.3 Å². The summed E-state index contributed by atoms with van der Waals surface area (Å²) < 4.78 is 6.55. The number of ether oxygens (including phenoxy) is 1. The minimum absolute atomic E-state index is 0.210. The number of hydrogen-bond acceptors (Lipinski definition) is 3. The first-order valence-corrected chi connectivity index (χ1v) is 7.72. The molecule has 0 saturated heterocycles. The van der Waals surface area contributed by atoms with Crippen molar-refractivity contribution in [3.8, 4) is 0 Å². The van der Waals surface area contributed by atoms with Crippen molar-refractivity contribution in [3.63, 3.8) is 0 Å². The number of aromatic nitrogens is 2. The Balaban J connectivity index is 2.50. The summed E-state index contributed by atoms with van der Waals surface area (Å²) in [5, 5.41) is 0. The predicted molar refractivity (Wildman–Crippen MR) is 88.2 cm³/mol. The van der Waals surface area contributed by atoms with Crippen LogP contribution in [0, 0.1) is 11.6 Å². The number of nitrogens with zero attached hydrogens (tertiary/aromatic N) is 1. The number of aryl methyl sites for hydroxylation is 1. The Morgan fingerprint density at radius 3 is 2.43 bits per heavy atom. The normalized spacial score (nSPS) is 12.6. The van der Waals surface area contributed by atoms with Gasteiger partial charge in [0, 0.05) is 17.9 Å². The zero-order valence-corrected chi connectivity index (χ0v) is 13.8. The van der Waals surface area contributed by atoms with Gasteiger partial charge in [-0.15, -0.1) is 0 Å². The van der Waals surface area contributed by atoms with Gasteiger partial charge in [-0.1, -0.05) is 56.4 Å². The molecule has 0 spiro atoms.